The monoisotopic (exact) mass is 291 g/mol. The predicted molar refractivity (Wildman–Crippen MR) is 71.6 cm³/mol. The van der Waals surface area contributed by atoms with Crippen molar-refractivity contribution in [2.45, 2.75) is 50.7 Å². The van der Waals surface area contributed by atoms with Crippen LogP contribution in [0.2, 0.25) is 5.02 Å². The lowest BCUT2D eigenvalue weighted by molar-refractivity contribution is -0.137. The summed E-state index contributed by atoms with van der Waals surface area (Å²) < 4.78 is 38.9. The van der Waals surface area contributed by atoms with E-state index in [1.54, 1.807) is 0 Å². The quantitative estimate of drug-likeness (QED) is 0.710. The molecule has 1 fully saturated rings. The van der Waals surface area contributed by atoms with E-state index < -0.39 is 11.7 Å². The Morgan fingerprint density at radius 3 is 2.26 bits per heavy atom. The SMILES string of the molecule is FC(F)(F)c1cc(Cl)ccc1NC1CCCCCC1. The normalized spacial score (nSPS) is 18.1. The molecule has 0 heterocycles. The topological polar surface area (TPSA) is 12.0 Å². The smallest absolute Gasteiger partial charge is 0.382 e. The zero-order valence-electron chi connectivity index (χ0n) is 10.6. The summed E-state index contributed by atoms with van der Waals surface area (Å²) in [4.78, 5) is 0. The van der Waals surface area contributed by atoms with Crippen LogP contribution in [0.1, 0.15) is 44.1 Å². The van der Waals surface area contributed by atoms with Crippen LogP contribution < -0.4 is 5.32 Å². The first-order chi connectivity index (χ1) is 8.97. The van der Waals surface area contributed by atoms with E-state index in [-0.39, 0.29) is 16.8 Å². The van der Waals surface area contributed by atoms with Crippen molar-refractivity contribution in [2.75, 3.05) is 5.32 Å². The Morgan fingerprint density at radius 1 is 1.05 bits per heavy atom. The van der Waals surface area contributed by atoms with Crippen LogP contribution in [0.15, 0.2) is 18.2 Å². The third kappa shape index (κ3) is 4.03. The molecule has 19 heavy (non-hydrogen) atoms. The molecule has 0 saturated heterocycles. The van der Waals surface area contributed by atoms with E-state index in [9.17, 15) is 13.2 Å². The van der Waals surface area contributed by atoms with Crippen LogP contribution in [0.5, 0.6) is 0 Å². The fourth-order valence-electron chi connectivity index (χ4n) is 2.52. The molecular formula is C14H17ClF3N. The lowest BCUT2D eigenvalue weighted by atomic mass is 10.1. The molecule has 0 bridgehead atoms. The fourth-order valence-corrected chi connectivity index (χ4v) is 2.69. The minimum absolute atomic E-state index is 0.110. The molecule has 1 aromatic carbocycles. The van der Waals surface area contributed by atoms with Crippen LogP contribution in [0.3, 0.4) is 0 Å². The zero-order valence-corrected chi connectivity index (χ0v) is 11.3. The summed E-state index contributed by atoms with van der Waals surface area (Å²) in [5.74, 6) is 0. The van der Waals surface area contributed by atoms with Crippen LogP contribution in [-0.2, 0) is 6.18 Å². The first kappa shape index (κ1) is 14.5. The number of benzene rings is 1. The van der Waals surface area contributed by atoms with Crippen molar-refractivity contribution in [1.82, 2.24) is 0 Å². The van der Waals surface area contributed by atoms with Crippen LogP contribution in [0.25, 0.3) is 0 Å². The molecule has 0 aliphatic heterocycles. The van der Waals surface area contributed by atoms with E-state index in [2.05, 4.69) is 5.32 Å². The standard InChI is InChI=1S/C14H17ClF3N/c15-10-7-8-13(12(9-10)14(16,17)18)19-11-5-3-1-2-4-6-11/h7-9,11,19H,1-6H2. The molecule has 0 amide bonds. The predicted octanol–water partition coefficient (Wildman–Crippen LogP) is 5.49. The van der Waals surface area contributed by atoms with Gasteiger partial charge in [-0.1, -0.05) is 37.3 Å². The van der Waals surface area contributed by atoms with E-state index in [4.69, 9.17) is 11.6 Å². The molecule has 5 heteroatoms. The van der Waals surface area contributed by atoms with Crippen molar-refractivity contribution in [3.05, 3.63) is 28.8 Å². The van der Waals surface area contributed by atoms with Crippen molar-refractivity contribution >= 4 is 17.3 Å². The Bertz CT molecular complexity index is 423. The largest absolute Gasteiger partial charge is 0.418 e. The third-order valence-corrected chi connectivity index (χ3v) is 3.74. The van der Waals surface area contributed by atoms with E-state index in [0.717, 1.165) is 31.7 Å². The summed E-state index contributed by atoms with van der Waals surface area (Å²) in [6, 6.07) is 4.04. The molecule has 1 saturated carbocycles. The highest BCUT2D eigenvalue weighted by atomic mass is 35.5. The highest BCUT2D eigenvalue weighted by molar-refractivity contribution is 6.30. The average Bonchev–Trinajstić information content (AvgIpc) is 2.59. The Labute approximate surface area is 116 Å². The van der Waals surface area contributed by atoms with Crippen molar-refractivity contribution in [3.8, 4) is 0 Å². The van der Waals surface area contributed by atoms with Crippen molar-refractivity contribution in [1.29, 1.82) is 0 Å². The summed E-state index contributed by atoms with van der Waals surface area (Å²) in [7, 11) is 0. The van der Waals surface area contributed by atoms with Crippen LogP contribution >= 0.6 is 11.6 Å². The summed E-state index contributed by atoms with van der Waals surface area (Å²) in [5, 5.41) is 3.15. The molecular weight excluding hydrogens is 275 g/mol. The molecule has 2 rings (SSSR count). The molecule has 1 aliphatic carbocycles. The third-order valence-electron chi connectivity index (χ3n) is 3.50. The van der Waals surface area contributed by atoms with Crippen LogP contribution in [0, 0.1) is 0 Å². The second-order valence-electron chi connectivity index (χ2n) is 5.02. The van der Waals surface area contributed by atoms with Gasteiger partial charge in [-0.2, -0.15) is 13.2 Å². The maximum Gasteiger partial charge on any atom is 0.418 e. The van der Waals surface area contributed by atoms with Gasteiger partial charge in [0.1, 0.15) is 0 Å². The number of halogens is 4. The second-order valence-corrected chi connectivity index (χ2v) is 5.46. The number of hydrogen-bond donors (Lipinski definition) is 1. The van der Waals surface area contributed by atoms with Gasteiger partial charge in [0.25, 0.3) is 0 Å². The molecule has 0 radical (unpaired) electrons. The Kier molecular flexibility index (Phi) is 4.61. The van der Waals surface area contributed by atoms with Gasteiger partial charge < -0.3 is 5.32 Å². The molecule has 0 unspecified atom stereocenters. The number of rotatable bonds is 2. The summed E-state index contributed by atoms with van der Waals surface area (Å²) in [5.41, 5.74) is -0.534. The second kappa shape index (κ2) is 6.04. The van der Waals surface area contributed by atoms with Gasteiger partial charge in [-0.15, -0.1) is 0 Å². The van der Waals surface area contributed by atoms with E-state index in [1.807, 2.05) is 0 Å². The Balaban J connectivity index is 2.19. The molecule has 106 valence electrons. The van der Waals surface area contributed by atoms with Gasteiger partial charge in [0.2, 0.25) is 0 Å². The maximum absolute atomic E-state index is 13.0. The number of hydrogen-bond acceptors (Lipinski definition) is 1. The fraction of sp³-hybridized carbons (Fsp3) is 0.571. The lowest BCUT2D eigenvalue weighted by Crippen LogP contribution is -2.21. The van der Waals surface area contributed by atoms with Crippen LogP contribution in [0.4, 0.5) is 18.9 Å². The first-order valence-electron chi connectivity index (χ1n) is 6.60. The highest BCUT2D eigenvalue weighted by Gasteiger charge is 2.34. The van der Waals surface area contributed by atoms with E-state index >= 15 is 0 Å². The van der Waals surface area contributed by atoms with Crippen molar-refractivity contribution < 1.29 is 13.2 Å². The van der Waals surface area contributed by atoms with Crippen molar-refractivity contribution in [3.63, 3.8) is 0 Å². The van der Waals surface area contributed by atoms with Gasteiger partial charge in [0.15, 0.2) is 0 Å². The minimum Gasteiger partial charge on any atom is -0.382 e. The van der Waals surface area contributed by atoms with Gasteiger partial charge in [0, 0.05) is 16.8 Å². The molecule has 0 spiro atoms. The molecule has 1 aromatic rings. The van der Waals surface area contributed by atoms with Gasteiger partial charge >= 0.3 is 6.18 Å². The lowest BCUT2D eigenvalue weighted by Gasteiger charge is -2.21. The summed E-state index contributed by atoms with van der Waals surface area (Å²) in [6.07, 6.45) is 1.98. The molecule has 1 nitrogen and oxygen atoms in total. The van der Waals surface area contributed by atoms with Gasteiger partial charge in [-0.3, -0.25) is 0 Å². The minimum atomic E-state index is -4.38. The van der Waals surface area contributed by atoms with E-state index in [1.165, 1.54) is 25.0 Å². The highest BCUT2D eigenvalue weighted by Crippen LogP contribution is 2.37. The molecule has 0 aromatic heterocycles. The maximum atomic E-state index is 13.0. The number of nitrogens with one attached hydrogen (secondary N) is 1. The Hall–Kier alpha value is -0.900. The van der Waals surface area contributed by atoms with Crippen LogP contribution in [-0.4, -0.2) is 6.04 Å². The molecule has 1 aliphatic rings. The Morgan fingerprint density at radius 2 is 1.68 bits per heavy atom. The van der Waals surface area contributed by atoms with E-state index in [0.29, 0.717) is 0 Å². The van der Waals surface area contributed by atoms with Crippen molar-refractivity contribution in [2.24, 2.45) is 0 Å². The first-order valence-corrected chi connectivity index (χ1v) is 6.98. The number of alkyl halides is 3. The molecule has 1 N–H and O–H groups in total. The average molecular weight is 292 g/mol. The number of anilines is 1. The van der Waals surface area contributed by atoms with Gasteiger partial charge in [-0.25, -0.2) is 0 Å². The molecule has 0 atom stereocenters. The van der Waals surface area contributed by atoms with Gasteiger partial charge in [-0.05, 0) is 31.0 Å². The zero-order chi connectivity index (χ0) is 13.9. The summed E-state index contributed by atoms with van der Waals surface area (Å²) in [6.45, 7) is 0. The van der Waals surface area contributed by atoms with Gasteiger partial charge in [0.05, 0.1) is 5.56 Å². The summed E-state index contributed by atoms with van der Waals surface area (Å²) >= 11 is 5.66.